The van der Waals surface area contributed by atoms with Gasteiger partial charge in [0.25, 0.3) is 0 Å². The van der Waals surface area contributed by atoms with Crippen LogP contribution < -0.4 is 0 Å². The summed E-state index contributed by atoms with van der Waals surface area (Å²) >= 11 is 6.50. The van der Waals surface area contributed by atoms with Crippen LogP contribution in [-0.2, 0) is 20.7 Å². The number of nitrogens with zero attached hydrogens (tertiary/aromatic N) is 1. The van der Waals surface area contributed by atoms with E-state index in [1.807, 2.05) is 97.6 Å². The Balaban J connectivity index is 1.78. The minimum atomic E-state index is -1.32. The summed E-state index contributed by atoms with van der Waals surface area (Å²) in [6, 6.07) is 27.1. The molecular formula is C30H32ClNO3. The molecule has 0 saturated carbocycles. The molecule has 1 fully saturated rings. The number of carbonyl (C=O) groups excluding carboxylic acids is 2. The van der Waals surface area contributed by atoms with Crippen LogP contribution >= 0.6 is 11.6 Å². The quantitative estimate of drug-likeness (QED) is 0.269. The summed E-state index contributed by atoms with van der Waals surface area (Å²) < 4.78 is 5.74. The third-order valence-corrected chi connectivity index (χ3v) is 6.97. The summed E-state index contributed by atoms with van der Waals surface area (Å²) in [7, 11) is 0. The third-order valence-electron chi connectivity index (χ3n) is 6.60. The fourth-order valence-electron chi connectivity index (χ4n) is 4.88. The first-order valence-corrected chi connectivity index (χ1v) is 12.6. The van der Waals surface area contributed by atoms with Crippen molar-refractivity contribution in [2.24, 2.45) is 11.3 Å². The first kappa shape index (κ1) is 25.0. The lowest BCUT2D eigenvalue weighted by atomic mass is 9.73. The van der Waals surface area contributed by atoms with Crippen molar-refractivity contribution in [3.8, 4) is 0 Å². The maximum absolute atomic E-state index is 14.4. The second-order valence-electron chi connectivity index (χ2n) is 9.67. The van der Waals surface area contributed by atoms with Gasteiger partial charge in [-0.2, -0.15) is 0 Å². The van der Waals surface area contributed by atoms with Gasteiger partial charge >= 0.3 is 5.97 Å². The SMILES string of the molecule is CC(C)COC(=O)C1(Cc2ccccc2Cl)CCCN(C(c2ccccc2)c2ccccc2)C1=O. The number of piperidine rings is 1. The van der Waals surface area contributed by atoms with Gasteiger partial charge in [0.1, 0.15) is 0 Å². The highest BCUT2D eigenvalue weighted by Gasteiger charge is 2.53. The van der Waals surface area contributed by atoms with Gasteiger partial charge in [-0.1, -0.05) is 104 Å². The molecule has 1 heterocycles. The molecule has 1 amide bonds. The molecule has 3 aromatic carbocycles. The van der Waals surface area contributed by atoms with Crippen LogP contribution in [-0.4, -0.2) is 29.9 Å². The molecule has 1 saturated heterocycles. The van der Waals surface area contributed by atoms with Crippen LogP contribution in [0.4, 0.5) is 0 Å². The molecule has 0 spiro atoms. The number of hydrogen-bond donors (Lipinski definition) is 0. The van der Waals surface area contributed by atoms with Gasteiger partial charge in [-0.3, -0.25) is 9.59 Å². The largest absolute Gasteiger partial charge is 0.465 e. The molecule has 0 bridgehead atoms. The summed E-state index contributed by atoms with van der Waals surface area (Å²) in [5.74, 6) is -0.483. The van der Waals surface area contributed by atoms with Crippen LogP contribution in [0.25, 0.3) is 0 Å². The molecule has 5 heteroatoms. The maximum Gasteiger partial charge on any atom is 0.322 e. The van der Waals surface area contributed by atoms with Crippen LogP contribution in [0.3, 0.4) is 0 Å². The highest BCUT2D eigenvalue weighted by Crippen LogP contribution is 2.42. The third kappa shape index (κ3) is 5.43. The van der Waals surface area contributed by atoms with E-state index in [-0.39, 0.29) is 30.9 Å². The van der Waals surface area contributed by atoms with E-state index in [0.29, 0.717) is 24.4 Å². The summed E-state index contributed by atoms with van der Waals surface area (Å²) in [6.07, 6.45) is 1.35. The van der Waals surface area contributed by atoms with Crippen LogP contribution in [0.15, 0.2) is 84.9 Å². The van der Waals surface area contributed by atoms with Gasteiger partial charge in [-0.15, -0.1) is 0 Å². The van der Waals surface area contributed by atoms with E-state index in [4.69, 9.17) is 16.3 Å². The smallest absolute Gasteiger partial charge is 0.322 e. The highest BCUT2D eigenvalue weighted by atomic mass is 35.5. The molecular weight excluding hydrogens is 458 g/mol. The molecule has 1 aliphatic rings. The molecule has 0 aliphatic carbocycles. The van der Waals surface area contributed by atoms with Gasteiger partial charge in [0.2, 0.25) is 5.91 Å². The van der Waals surface area contributed by atoms with E-state index in [1.165, 1.54) is 0 Å². The molecule has 0 N–H and O–H groups in total. The Kier molecular flexibility index (Phi) is 7.92. The summed E-state index contributed by atoms with van der Waals surface area (Å²) in [6.45, 7) is 4.82. The number of ether oxygens (including phenoxy) is 1. The lowest BCUT2D eigenvalue weighted by Gasteiger charge is -2.44. The number of hydrogen-bond acceptors (Lipinski definition) is 3. The fraction of sp³-hybridized carbons (Fsp3) is 0.333. The normalized spacial score (nSPS) is 18.2. The van der Waals surface area contributed by atoms with Gasteiger partial charge in [-0.05, 0) is 47.9 Å². The lowest BCUT2D eigenvalue weighted by molar-refractivity contribution is -0.171. The average Bonchev–Trinajstić information content (AvgIpc) is 2.87. The Bertz CT molecular complexity index is 1110. The fourth-order valence-corrected chi connectivity index (χ4v) is 5.08. The molecule has 1 atom stereocenters. The Labute approximate surface area is 212 Å². The number of likely N-dealkylation sites (tertiary alicyclic amines) is 1. The molecule has 4 nitrogen and oxygen atoms in total. The topological polar surface area (TPSA) is 46.6 Å². The predicted molar refractivity (Wildman–Crippen MR) is 139 cm³/mol. The Morgan fingerprint density at radius 3 is 2.09 bits per heavy atom. The van der Waals surface area contributed by atoms with E-state index >= 15 is 0 Å². The van der Waals surface area contributed by atoms with Crippen molar-refractivity contribution in [1.29, 1.82) is 0 Å². The number of esters is 1. The van der Waals surface area contributed by atoms with Crippen LogP contribution in [0.5, 0.6) is 0 Å². The molecule has 0 aromatic heterocycles. The predicted octanol–water partition coefficient (Wildman–Crippen LogP) is 6.48. The van der Waals surface area contributed by atoms with Crippen molar-refractivity contribution in [2.45, 2.75) is 39.2 Å². The minimum absolute atomic E-state index is 0.174. The molecule has 182 valence electrons. The second kappa shape index (κ2) is 11.1. The van der Waals surface area contributed by atoms with Gasteiger partial charge in [0.15, 0.2) is 5.41 Å². The molecule has 4 rings (SSSR count). The molecule has 35 heavy (non-hydrogen) atoms. The van der Waals surface area contributed by atoms with Crippen molar-refractivity contribution in [1.82, 2.24) is 4.90 Å². The highest BCUT2D eigenvalue weighted by molar-refractivity contribution is 6.31. The average molecular weight is 490 g/mol. The van der Waals surface area contributed by atoms with E-state index < -0.39 is 11.4 Å². The molecule has 0 radical (unpaired) electrons. The zero-order valence-electron chi connectivity index (χ0n) is 20.3. The maximum atomic E-state index is 14.4. The second-order valence-corrected chi connectivity index (χ2v) is 10.1. The van der Waals surface area contributed by atoms with E-state index in [2.05, 4.69) is 0 Å². The standard InChI is InChI=1S/C30H32ClNO3/c1-22(2)21-35-29(34)30(20-25-16-9-10-17-26(25)31)18-11-19-32(28(30)33)27(23-12-5-3-6-13-23)24-14-7-4-8-15-24/h3-10,12-17,22,27H,11,18-21H2,1-2H3. The zero-order valence-corrected chi connectivity index (χ0v) is 21.1. The lowest BCUT2D eigenvalue weighted by Crippen LogP contribution is -2.55. The van der Waals surface area contributed by atoms with Crippen LogP contribution in [0, 0.1) is 11.3 Å². The first-order chi connectivity index (χ1) is 16.9. The Hall–Kier alpha value is -3.11. The number of rotatable bonds is 8. The Morgan fingerprint density at radius 2 is 1.51 bits per heavy atom. The number of halogens is 1. The summed E-state index contributed by atoms with van der Waals surface area (Å²) in [5.41, 5.74) is 1.48. The van der Waals surface area contributed by atoms with Crippen molar-refractivity contribution >= 4 is 23.5 Å². The number of amides is 1. The van der Waals surface area contributed by atoms with Crippen molar-refractivity contribution < 1.29 is 14.3 Å². The monoisotopic (exact) mass is 489 g/mol. The van der Waals surface area contributed by atoms with Crippen molar-refractivity contribution in [2.75, 3.05) is 13.2 Å². The van der Waals surface area contributed by atoms with E-state index in [0.717, 1.165) is 16.7 Å². The first-order valence-electron chi connectivity index (χ1n) is 12.2. The zero-order chi connectivity index (χ0) is 24.8. The van der Waals surface area contributed by atoms with Gasteiger partial charge < -0.3 is 9.64 Å². The Morgan fingerprint density at radius 1 is 0.943 bits per heavy atom. The van der Waals surface area contributed by atoms with Crippen LogP contribution in [0.1, 0.15) is 49.4 Å². The van der Waals surface area contributed by atoms with Crippen LogP contribution in [0.2, 0.25) is 5.02 Å². The molecule has 1 unspecified atom stereocenters. The van der Waals surface area contributed by atoms with E-state index in [1.54, 1.807) is 6.07 Å². The summed E-state index contributed by atoms with van der Waals surface area (Å²) in [5, 5.41) is 0.552. The van der Waals surface area contributed by atoms with Gasteiger partial charge in [0.05, 0.1) is 12.6 Å². The number of benzene rings is 3. The van der Waals surface area contributed by atoms with Crippen molar-refractivity contribution in [3.63, 3.8) is 0 Å². The van der Waals surface area contributed by atoms with Crippen molar-refractivity contribution in [3.05, 3.63) is 107 Å². The summed E-state index contributed by atoms with van der Waals surface area (Å²) in [4.78, 5) is 30.0. The number of carbonyl (C=O) groups is 2. The van der Waals surface area contributed by atoms with E-state index in [9.17, 15) is 9.59 Å². The molecule has 3 aromatic rings. The minimum Gasteiger partial charge on any atom is -0.465 e. The molecule has 1 aliphatic heterocycles. The van der Waals surface area contributed by atoms with Gasteiger partial charge in [0, 0.05) is 11.6 Å². The van der Waals surface area contributed by atoms with Gasteiger partial charge in [-0.25, -0.2) is 0 Å².